The van der Waals surface area contributed by atoms with Gasteiger partial charge in [-0.15, -0.1) is 0 Å². The molecule has 6 nitrogen and oxygen atoms in total. The van der Waals surface area contributed by atoms with Crippen molar-refractivity contribution in [1.82, 2.24) is 0 Å². The van der Waals surface area contributed by atoms with E-state index in [4.69, 9.17) is 26.7 Å². The van der Waals surface area contributed by atoms with Crippen LogP contribution in [0.15, 0.2) is 41.5 Å². The Kier molecular flexibility index (Phi) is 4.48. The summed E-state index contributed by atoms with van der Waals surface area (Å²) in [4.78, 5) is 11.2. The third kappa shape index (κ3) is 2.88. The molecule has 0 fully saturated rings. The summed E-state index contributed by atoms with van der Waals surface area (Å²) in [7, 11) is 0. The number of benzene rings is 2. The SMILES string of the molecule is CC(C)C1C2COc3cc(C(=O)O)ccc3C2=NN1c1ccc(C#N)c(Cl)c1. The molecule has 2 aromatic rings. The summed E-state index contributed by atoms with van der Waals surface area (Å²) < 4.78 is 5.91. The largest absolute Gasteiger partial charge is 0.492 e. The molecule has 7 heteroatoms. The maximum Gasteiger partial charge on any atom is 0.335 e. The normalized spacial score (nSPS) is 20.1. The molecule has 2 heterocycles. The van der Waals surface area contributed by atoms with Crippen molar-refractivity contribution in [3.8, 4) is 11.8 Å². The molecule has 2 atom stereocenters. The Labute approximate surface area is 167 Å². The van der Waals surface area contributed by atoms with E-state index >= 15 is 0 Å². The van der Waals surface area contributed by atoms with Gasteiger partial charge in [0.2, 0.25) is 0 Å². The third-order valence-corrected chi connectivity index (χ3v) is 5.52. The molecule has 0 bridgehead atoms. The van der Waals surface area contributed by atoms with E-state index in [9.17, 15) is 9.90 Å². The minimum absolute atomic E-state index is 0.0533. The van der Waals surface area contributed by atoms with Crippen molar-refractivity contribution in [3.63, 3.8) is 0 Å². The second-order valence-corrected chi connectivity index (χ2v) is 7.68. The average Bonchev–Trinajstić information content (AvgIpc) is 3.07. The molecule has 0 amide bonds. The molecule has 0 saturated carbocycles. The number of hydrogen-bond donors (Lipinski definition) is 1. The van der Waals surface area contributed by atoms with Gasteiger partial charge in [-0.2, -0.15) is 10.4 Å². The number of carboxylic acid groups (broad SMARTS) is 1. The minimum Gasteiger partial charge on any atom is -0.492 e. The maximum absolute atomic E-state index is 11.2. The molecular formula is C21H18ClN3O3. The van der Waals surface area contributed by atoms with Gasteiger partial charge < -0.3 is 9.84 Å². The van der Waals surface area contributed by atoms with Gasteiger partial charge in [-0.25, -0.2) is 4.79 Å². The second kappa shape index (κ2) is 6.84. The average molecular weight is 396 g/mol. The van der Waals surface area contributed by atoms with E-state index < -0.39 is 5.97 Å². The first-order valence-corrected chi connectivity index (χ1v) is 9.36. The van der Waals surface area contributed by atoms with Crippen molar-refractivity contribution >= 4 is 29.0 Å². The first-order chi connectivity index (χ1) is 13.4. The van der Waals surface area contributed by atoms with Gasteiger partial charge >= 0.3 is 5.97 Å². The molecule has 1 N–H and O–H groups in total. The summed E-state index contributed by atoms with van der Waals surface area (Å²) in [6.07, 6.45) is 0. The highest BCUT2D eigenvalue weighted by molar-refractivity contribution is 6.32. The van der Waals surface area contributed by atoms with E-state index in [0.717, 1.165) is 17.0 Å². The number of hydrogen-bond acceptors (Lipinski definition) is 5. The summed E-state index contributed by atoms with van der Waals surface area (Å²) in [6, 6.07) is 12.3. The van der Waals surface area contributed by atoms with Gasteiger partial charge in [0.15, 0.2) is 0 Å². The van der Waals surface area contributed by atoms with Crippen LogP contribution in [-0.4, -0.2) is 29.4 Å². The van der Waals surface area contributed by atoms with Crippen molar-refractivity contribution in [2.24, 2.45) is 16.9 Å². The van der Waals surface area contributed by atoms with Crippen molar-refractivity contribution in [2.75, 3.05) is 11.6 Å². The zero-order valence-corrected chi connectivity index (χ0v) is 16.1. The highest BCUT2D eigenvalue weighted by Gasteiger charge is 2.44. The number of fused-ring (bicyclic) bond motifs is 3. The van der Waals surface area contributed by atoms with Gasteiger partial charge in [-0.3, -0.25) is 5.01 Å². The van der Waals surface area contributed by atoms with Crippen LogP contribution in [-0.2, 0) is 0 Å². The van der Waals surface area contributed by atoms with Gasteiger partial charge in [-0.05, 0) is 42.3 Å². The highest BCUT2D eigenvalue weighted by Crippen LogP contribution is 2.40. The van der Waals surface area contributed by atoms with Crippen LogP contribution in [0.1, 0.15) is 35.3 Å². The second-order valence-electron chi connectivity index (χ2n) is 7.27. The fourth-order valence-corrected chi connectivity index (χ4v) is 4.12. The fraction of sp³-hybridized carbons (Fsp3) is 0.286. The van der Waals surface area contributed by atoms with E-state index in [0.29, 0.717) is 22.9 Å². The van der Waals surface area contributed by atoms with E-state index in [-0.39, 0.29) is 23.4 Å². The molecule has 142 valence electrons. The van der Waals surface area contributed by atoms with Crippen LogP contribution in [0.25, 0.3) is 0 Å². The maximum atomic E-state index is 11.2. The Bertz CT molecular complexity index is 1040. The smallest absolute Gasteiger partial charge is 0.335 e. The van der Waals surface area contributed by atoms with Gasteiger partial charge in [0.05, 0.1) is 46.1 Å². The zero-order valence-electron chi connectivity index (χ0n) is 15.4. The molecule has 0 radical (unpaired) electrons. The number of rotatable bonds is 3. The van der Waals surface area contributed by atoms with Crippen LogP contribution in [0, 0.1) is 23.2 Å². The number of aromatic carboxylic acids is 1. The quantitative estimate of drug-likeness (QED) is 0.842. The van der Waals surface area contributed by atoms with Crippen molar-refractivity contribution in [3.05, 3.63) is 58.1 Å². The van der Waals surface area contributed by atoms with Gasteiger partial charge in [0.1, 0.15) is 11.8 Å². The Balaban J connectivity index is 1.79. The molecule has 28 heavy (non-hydrogen) atoms. The number of hydrazone groups is 1. The lowest BCUT2D eigenvalue weighted by atomic mass is 9.84. The molecule has 0 saturated heterocycles. The number of anilines is 1. The van der Waals surface area contributed by atoms with Crippen LogP contribution in [0.5, 0.6) is 5.75 Å². The molecule has 2 aromatic carbocycles. The summed E-state index contributed by atoms with van der Waals surface area (Å²) >= 11 is 6.24. The first-order valence-electron chi connectivity index (χ1n) is 8.98. The van der Waals surface area contributed by atoms with E-state index in [1.165, 1.54) is 0 Å². The Hall–Kier alpha value is -3.04. The van der Waals surface area contributed by atoms with Crippen LogP contribution in [0.4, 0.5) is 5.69 Å². The number of nitrogens with zero attached hydrogens (tertiary/aromatic N) is 3. The summed E-state index contributed by atoms with van der Waals surface area (Å²) in [5.74, 6) is -0.116. The predicted octanol–water partition coefficient (Wildman–Crippen LogP) is 4.17. The van der Waals surface area contributed by atoms with Crippen LogP contribution >= 0.6 is 11.6 Å². The lowest BCUT2D eigenvalue weighted by Gasteiger charge is -2.33. The van der Waals surface area contributed by atoms with Crippen molar-refractivity contribution in [1.29, 1.82) is 5.26 Å². The van der Waals surface area contributed by atoms with Crippen LogP contribution in [0.3, 0.4) is 0 Å². The number of ether oxygens (including phenoxy) is 1. The Morgan fingerprint density at radius 3 is 2.79 bits per heavy atom. The standard InChI is InChI=1S/C21H18ClN3O3/c1-11(2)20-16-10-28-18-7-12(21(26)27)4-6-15(18)19(16)24-25(20)14-5-3-13(9-23)17(22)8-14/h3-8,11,16,20H,10H2,1-2H3,(H,26,27). The molecule has 0 aromatic heterocycles. The molecule has 2 unspecified atom stereocenters. The monoisotopic (exact) mass is 395 g/mol. The predicted molar refractivity (Wildman–Crippen MR) is 106 cm³/mol. The van der Waals surface area contributed by atoms with Gasteiger partial charge in [0, 0.05) is 5.56 Å². The van der Waals surface area contributed by atoms with Crippen molar-refractivity contribution in [2.45, 2.75) is 19.9 Å². The van der Waals surface area contributed by atoms with Crippen molar-refractivity contribution < 1.29 is 14.6 Å². The number of carboxylic acids is 1. The minimum atomic E-state index is -0.990. The van der Waals surface area contributed by atoms with Gasteiger partial charge in [0.25, 0.3) is 0 Å². The summed E-state index contributed by atoms with van der Waals surface area (Å²) in [5.41, 5.74) is 3.12. The summed E-state index contributed by atoms with van der Waals surface area (Å²) in [5, 5.41) is 25.6. The third-order valence-electron chi connectivity index (χ3n) is 5.20. The van der Waals surface area contributed by atoms with E-state index in [1.54, 1.807) is 30.3 Å². The van der Waals surface area contributed by atoms with Crippen LogP contribution in [0.2, 0.25) is 5.02 Å². The molecule has 2 aliphatic heterocycles. The van der Waals surface area contributed by atoms with E-state index in [2.05, 4.69) is 19.9 Å². The number of nitriles is 1. The van der Waals surface area contributed by atoms with Gasteiger partial charge in [-0.1, -0.05) is 25.4 Å². The molecule has 0 spiro atoms. The molecule has 4 rings (SSSR count). The Morgan fingerprint density at radius 1 is 1.36 bits per heavy atom. The summed E-state index contributed by atoms with van der Waals surface area (Å²) in [6.45, 7) is 4.69. The lowest BCUT2D eigenvalue weighted by Crippen LogP contribution is -2.42. The molecule has 0 aliphatic carbocycles. The number of carbonyl (C=O) groups is 1. The fourth-order valence-electron chi connectivity index (χ4n) is 3.90. The van der Waals surface area contributed by atoms with Crippen LogP contribution < -0.4 is 9.75 Å². The Morgan fingerprint density at radius 2 is 2.14 bits per heavy atom. The molecular weight excluding hydrogens is 378 g/mol. The highest BCUT2D eigenvalue weighted by atomic mass is 35.5. The van der Waals surface area contributed by atoms with E-state index in [1.807, 2.05) is 11.1 Å². The zero-order chi connectivity index (χ0) is 20.0. The topological polar surface area (TPSA) is 85.9 Å². The lowest BCUT2D eigenvalue weighted by molar-refractivity contribution is 0.0696. The molecule has 2 aliphatic rings. The number of halogens is 1. The first kappa shape index (κ1) is 18.3.